The van der Waals surface area contributed by atoms with Crippen LogP contribution in [0, 0.1) is 0 Å². The van der Waals surface area contributed by atoms with Crippen LogP contribution in [0.5, 0.6) is 0 Å². The van der Waals surface area contributed by atoms with Crippen molar-refractivity contribution >= 4 is 42.3 Å². The van der Waals surface area contributed by atoms with Gasteiger partial charge in [-0.25, -0.2) is 29.9 Å². The number of hydrogen-bond acceptors (Lipinski definition) is 7. The van der Waals surface area contributed by atoms with Crippen molar-refractivity contribution in [3.8, 4) is 79.5 Å². The molecule has 0 spiro atoms. The molecule has 0 saturated heterocycles. The Morgan fingerprint density at radius 2 is 0.627 bits per heavy atom. The van der Waals surface area contributed by atoms with E-state index in [0.717, 1.165) is 60.0 Å². The highest BCUT2D eigenvalue weighted by molar-refractivity contribution is 7.26. The summed E-state index contributed by atoms with van der Waals surface area (Å²) in [5.41, 5.74) is 7.68. The lowest BCUT2D eigenvalue weighted by Crippen LogP contribution is -2.02. The predicted octanol–water partition coefficient (Wildman–Crippen LogP) is 13.2. The molecule has 0 N–H and O–H groups in total. The molecule has 276 valence electrons. The number of benzene rings is 8. The van der Waals surface area contributed by atoms with Crippen LogP contribution in [-0.2, 0) is 0 Å². The summed E-state index contributed by atoms with van der Waals surface area (Å²) in [5, 5.41) is 4.47. The summed E-state index contributed by atoms with van der Waals surface area (Å²) < 4.78 is 2.33. The van der Waals surface area contributed by atoms with E-state index in [0.29, 0.717) is 34.9 Å². The van der Waals surface area contributed by atoms with Crippen LogP contribution in [0.15, 0.2) is 194 Å². The van der Waals surface area contributed by atoms with Gasteiger partial charge in [-0.05, 0) is 34.0 Å². The van der Waals surface area contributed by atoms with Gasteiger partial charge in [0.25, 0.3) is 0 Å². The highest BCUT2D eigenvalue weighted by Gasteiger charge is 2.23. The Morgan fingerprint density at radius 1 is 0.254 bits per heavy atom. The van der Waals surface area contributed by atoms with E-state index in [9.17, 15) is 0 Å². The number of thiophene rings is 1. The molecule has 59 heavy (non-hydrogen) atoms. The maximum atomic E-state index is 5.29. The lowest BCUT2D eigenvalue weighted by Gasteiger charge is -2.16. The molecule has 8 aromatic carbocycles. The number of nitrogens with zero attached hydrogens (tertiary/aromatic N) is 6. The van der Waals surface area contributed by atoms with E-state index in [-0.39, 0.29) is 0 Å². The summed E-state index contributed by atoms with van der Waals surface area (Å²) in [4.78, 5) is 30.8. The summed E-state index contributed by atoms with van der Waals surface area (Å²) in [7, 11) is 0. The number of rotatable bonds is 7. The van der Waals surface area contributed by atoms with Gasteiger partial charge in [-0.3, -0.25) is 0 Å². The van der Waals surface area contributed by atoms with Crippen LogP contribution in [-0.4, -0.2) is 29.9 Å². The van der Waals surface area contributed by atoms with Gasteiger partial charge in [-0.15, -0.1) is 11.3 Å². The van der Waals surface area contributed by atoms with E-state index < -0.39 is 0 Å². The first-order valence-electron chi connectivity index (χ1n) is 19.5. The molecule has 0 unspecified atom stereocenters. The largest absolute Gasteiger partial charge is 0.208 e. The lowest BCUT2D eigenvalue weighted by atomic mass is 9.91. The van der Waals surface area contributed by atoms with Crippen LogP contribution in [0.3, 0.4) is 0 Å². The fourth-order valence-corrected chi connectivity index (χ4v) is 9.06. The molecule has 0 atom stereocenters. The third kappa shape index (κ3) is 6.30. The standard InChI is InChI=1S/C52H32N6S/c1-5-17-33(18-6-1)47-53-48(34-19-7-2-8-20-34)56-51(55-47)43-32-29-39(37-25-13-14-26-38(37)43)41-30-31-42-40-27-15-16-28-44(40)59-46(42)45(41)52-57-49(35-21-9-3-10-22-35)54-50(58-52)36-23-11-4-12-24-36/h1-32H. The van der Waals surface area contributed by atoms with Crippen molar-refractivity contribution in [1.82, 2.24) is 29.9 Å². The van der Waals surface area contributed by atoms with Crippen molar-refractivity contribution in [2.75, 3.05) is 0 Å². The van der Waals surface area contributed by atoms with Crippen molar-refractivity contribution in [3.05, 3.63) is 194 Å². The van der Waals surface area contributed by atoms with E-state index in [2.05, 4.69) is 97.1 Å². The van der Waals surface area contributed by atoms with Gasteiger partial charge >= 0.3 is 0 Å². The normalized spacial score (nSPS) is 11.4. The zero-order valence-corrected chi connectivity index (χ0v) is 32.4. The quantitative estimate of drug-likeness (QED) is 0.161. The van der Waals surface area contributed by atoms with Gasteiger partial charge in [-0.2, -0.15) is 0 Å². The average molecular weight is 773 g/mol. The molecule has 11 aromatic rings. The summed E-state index contributed by atoms with van der Waals surface area (Å²) in [6.07, 6.45) is 0. The second-order valence-electron chi connectivity index (χ2n) is 14.2. The van der Waals surface area contributed by atoms with E-state index in [1.165, 1.54) is 15.5 Å². The maximum absolute atomic E-state index is 5.29. The highest BCUT2D eigenvalue weighted by Crippen LogP contribution is 2.46. The lowest BCUT2D eigenvalue weighted by molar-refractivity contribution is 1.08. The van der Waals surface area contributed by atoms with Crippen LogP contribution in [0.4, 0.5) is 0 Å². The summed E-state index contributed by atoms with van der Waals surface area (Å²) in [6, 6.07) is 66.4. The van der Waals surface area contributed by atoms with Crippen LogP contribution in [0.25, 0.3) is 110 Å². The monoisotopic (exact) mass is 772 g/mol. The first-order chi connectivity index (χ1) is 29.2. The van der Waals surface area contributed by atoms with Crippen LogP contribution < -0.4 is 0 Å². The molecule has 0 aliphatic heterocycles. The molecule has 3 aromatic heterocycles. The van der Waals surface area contributed by atoms with Gasteiger partial charge in [-0.1, -0.05) is 182 Å². The minimum Gasteiger partial charge on any atom is -0.208 e. The minimum absolute atomic E-state index is 0.609. The van der Waals surface area contributed by atoms with Crippen molar-refractivity contribution in [3.63, 3.8) is 0 Å². The zero-order chi connectivity index (χ0) is 39.1. The molecule has 6 nitrogen and oxygen atoms in total. The van der Waals surface area contributed by atoms with Crippen LogP contribution in [0.2, 0.25) is 0 Å². The van der Waals surface area contributed by atoms with Crippen molar-refractivity contribution in [2.24, 2.45) is 0 Å². The Balaban J connectivity index is 1.17. The van der Waals surface area contributed by atoms with E-state index in [1.807, 2.05) is 97.1 Å². The van der Waals surface area contributed by atoms with Gasteiger partial charge in [0.15, 0.2) is 34.9 Å². The molecule has 0 bridgehead atoms. The summed E-state index contributed by atoms with van der Waals surface area (Å²) in [6.45, 7) is 0. The number of aromatic nitrogens is 6. The number of hydrogen-bond donors (Lipinski definition) is 0. The third-order valence-corrected chi connectivity index (χ3v) is 11.8. The average Bonchev–Trinajstić information content (AvgIpc) is 3.70. The molecule has 0 amide bonds. The Bertz CT molecular complexity index is 3200. The number of fused-ring (bicyclic) bond motifs is 4. The van der Waals surface area contributed by atoms with Gasteiger partial charge in [0, 0.05) is 53.6 Å². The summed E-state index contributed by atoms with van der Waals surface area (Å²) >= 11 is 1.77. The molecular formula is C52H32N6S. The predicted molar refractivity (Wildman–Crippen MR) is 242 cm³/mol. The third-order valence-electron chi connectivity index (χ3n) is 10.6. The van der Waals surface area contributed by atoms with Crippen molar-refractivity contribution in [2.45, 2.75) is 0 Å². The summed E-state index contributed by atoms with van der Waals surface area (Å²) in [5.74, 6) is 3.72. The Labute approximate surface area is 344 Å². The molecule has 0 aliphatic rings. The molecule has 11 rings (SSSR count). The molecule has 0 aliphatic carbocycles. The second-order valence-corrected chi connectivity index (χ2v) is 15.3. The SMILES string of the molecule is c1ccc(-c2nc(-c3ccccc3)nc(-c3ccc(-c4ccc5c(sc6ccccc65)c4-c4nc(-c5ccccc5)nc(-c5ccccc5)n4)c4ccccc34)n2)cc1. The minimum atomic E-state index is 0.609. The second kappa shape index (κ2) is 14.6. The maximum Gasteiger partial charge on any atom is 0.166 e. The Morgan fingerprint density at radius 3 is 1.14 bits per heavy atom. The smallest absolute Gasteiger partial charge is 0.166 e. The fourth-order valence-electron chi connectivity index (χ4n) is 7.81. The highest BCUT2D eigenvalue weighted by atomic mass is 32.1. The molecule has 0 saturated carbocycles. The van der Waals surface area contributed by atoms with Crippen LogP contribution >= 0.6 is 11.3 Å². The van der Waals surface area contributed by atoms with Gasteiger partial charge in [0.1, 0.15) is 0 Å². The van der Waals surface area contributed by atoms with Crippen LogP contribution in [0.1, 0.15) is 0 Å². The van der Waals surface area contributed by atoms with Gasteiger partial charge in [0.05, 0.1) is 0 Å². The van der Waals surface area contributed by atoms with Crippen molar-refractivity contribution < 1.29 is 0 Å². The molecular weight excluding hydrogens is 741 g/mol. The molecule has 7 heteroatoms. The van der Waals surface area contributed by atoms with Gasteiger partial charge in [0.2, 0.25) is 0 Å². The zero-order valence-electron chi connectivity index (χ0n) is 31.6. The topological polar surface area (TPSA) is 77.3 Å². The van der Waals surface area contributed by atoms with Gasteiger partial charge < -0.3 is 0 Å². The van der Waals surface area contributed by atoms with Crippen molar-refractivity contribution in [1.29, 1.82) is 0 Å². The molecule has 0 fully saturated rings. The Kier molecular flexibility index (Phi) is 8.56. The van der Waals surface area contributed by atoms with E-state index in [4.69, 9.17) is 29.9 Å². The first-order valence-corrected chi connectivity index (χ1v) is 20.3. The Hall–Kier alpha value is -7.74. The molecule has 0 radical (unpaired) electrons. The fraction of sp³-hybridized carbons (Fsp3) is 0. The van der Waals surface area contributed by atoms with E-state index in [1.54, 1.807) is 11.3 Å². The van der Waals surface area contributed by atoms with E-state index >= 15 is 0 Å². The molecule has 3 heterocycles. The first kappa shape index (κ1) is 34.5.